The largest absolute Gasteiger partial charge is 0.311 e. The van der Waals surface area contributed by atoms with Crippen molar-refractivity contribution in [3.8, 4) is 6.07 Å². The SMILES string of the molecule is Cn1nccc1C(N)C#N. The summed E-state index contributed by atoms with van der Waals surface area (Å²) in [4.78, 5) is 0. The Hall–Kier alpha value is -1.34. The van der Waals surface area contributed by atoms with Gasteiger partial charge in [0.2, 0.25) is 0 Å². The van der Waals surface area contributed by atoms with Crippen LogP contribution in [-0.4, -0.2) is 9.78 Å². The molecule has 0 fully saturated rings. The van der Waals surface area contributed by atoms with Gasteiger partial charge >= 0.3 is 0 Å². The smallest absolute Gasteiger partial charge is 0.135 e. The summed E-state index contributed by atoms with van der Waals surface area (Å²) in [6, 6.07) is 3.09. The van der Waals surface area contributed by atoms with Crippen LogP contribution in [0.4, 0.5) is 0 Å². The lowest BCUT2D eigenvalue weighted by Crippen LogP contribution is -2.12. The van der Waals surface area contributed by atoms with E-state index < -0.39 is 6.04 Å². The topological polar surface area (TPSA) is 67.6 Å². The predicted octanol–water partition coefficient (Wildman–Crippen LogP) is -0.0565. The molecule has 1 atom stereocenters. The molecule has 52 valence electrons. The number of aromatic nitrogens is 2. The summed E-state index contributed by atoms with van der Waals surface area (Å²) in [5, 5.41) is 12.3. The first kappa shape index (κ1) is 6.78. The molecule has 4 nitrogen and oxygen atoms in total. The minimum Gasteiger partial charge on any atom is -0.311 e. The van der Waals surface area contributed by atoms with Crippen LogP contribution in [0.15, 0.2) is 12.3 Å². The third-order valence-electron chi connectivity index (χ3n) is 1.32. The maximum Gasteiger partial charge on any atom is 0.135 e. The van der Waals surface area contributed by atoms with E-state index in [9.17, 15) is 0 Å². The van der Waals surface area contributed by atoms with Gasteiger partial charge in [-0.2, -0.15) is 10.4 Å². The van der Waals surface area contributed by atoms with Crippen molar-refractivity contribution in [2.75, 3.05) is 0 Å². The second-order valence-electron chi connectivity index (χ2n) is 1.99. The van der Waals surface area contributed by atoms with Crippen LogP contribution in [0.2, 0.25) is 0 Å². The molecule has 0 aliphatic carbocycles. The molecule has 1 aromatic rings. The van der Waals surface area contributed by atoms with Crippen molar-refractivity contribution in [3.63, 3.8) is 0 Å². The van der Waals surface area contributed by atoms with Crippen molar-refractivity contribution >= 4 is 0 Å². The van der Waals surface area contributed by atoms with Crippen LogP contribution in [0.5, 0.6) is 0 Å². The lowest BCUT2D eigenvalue weighted by molar-refractivity contribution is 0.687. The van der Waals surface area contributed by atoms with Crippen LogP contribution in [0, 0.1) is 11.3 Å². The highest BCUT2D eigenvalue weighted by Gasteiger charge is 2.06. The lowest BCUT2D eigenvalue weighted by atomic mass is 10.2. The Bertz CT molecular complexity index is 257. The molecule has 1 aromatic heterocycles. The number of nitrogens with zero attached hydrogens (tertiary/aromatic N) is 3. The van der Waals surface area contributed by atoms with Crippen LogP contribution in [0.1, 0.15) is 11.7 Å². The van der Waals surface area contributed by atoms with Crippen LogP contribution in [0.3, 0.4) is 0 Å². The Morgan fingerprint density at radius 3 is 3.00 bits per heavy atom. The summed E-state index contributed by atoms with van der Waals surface area (Å²) in [5.74, 6) is 0. The number of hydrogen-bond acceptors (Lipinski definition) is 3. The molecule has 4 heteroatoms. The van der Waals surface area contributed by atoms with Gasteiger partial charge in [0.15, 0.2) is 0 Å². The van der Waals surface area contributed by atoms with E-state index in [1.54, 1.807) is 24.0 Å². The number of nitriles is 1. The van der Waals surface area contributed by atoms with Gasteiger partial charge in [0.05, 0.1) is 11.8 Å². The zero-order chi connectivity index (χ0) is 7.56. The van der Waals surface area contributed by atoms with Crippen LogP contribution >= 0.6 is 0 Å². The minimum atomic E-state index is -0.563. The van der Waals surface area contributed by atoms with E-state index in [0.29, 0.717) is 0 Å². The summed E-state index contributed by atoms with van der Waals surface area (Å²) >= 11 is 0. The van der Waals surface area contributed by atoms with E-state index >= 15 is 0 Å². The van der Waals surface area contributed by atoms with Crippen LogP contribution < -0.4 is 5.73 Å². The quantitative estimate of drug-likeness (QED) is 0.588. The molecule has 0 aliphatic rings. The average Bonchev–Trinajstić information content (AvgIpc) is 2.34. The molecular formula is C6H8N4. The lowest BCUT2D eigenvalue weighted by Gasteiger charge is -2.00. The van der Waals surface area contributed by atoms with Gasteiger partial charge in [-0.05, 0) is 6.07 Å². The van der Waals surface area contributed by atoms with Crippen molar-refractivity contribution in [2.45, 2.75) is 6.04 Å². The molecule has 0 aromatic carbocycles. The van der Waals surface area contributed by atoms with E-state index in [-0.39, 0.29) is 0 Å². The van der Waals surface area contributed by atoms with Crippen molar-refractivity contribution in [1.82, 2.24) is 9.78 Å². The Kier molecular flexibility index (Phi) is 1.69. The van der Waals surface area contributed by atoms with E-state index in [1.165, 1.54) is 0 Å². The molecule has 1 rings (SSSR count). The van der Waals surface area contributed by atoms with Gasteiger partial charge in [0.1, 0.15) is 6.04 Å². The molecule has 0 bridgehead atoms. The van der Waals surface area contributed by atoms with E-state index in [0.717, 1.165) is 5.69 Å². The Labute approximate surface area is 58.9 Å². The monoisotopic (exact) mass is 136 g/mol. The first-order valence-corrected chi connectivity index (χ1v) is 2.89. The van der Waals surface area contributed by atoms with Crippen molar-refractivity contribution < 1.29 is 0 Å². The Morgan fingerprint density at radius 1 is 1.90 bits per heavy atom. The van der Waals surface area contributed by atoms with Gasteiger partial charge < -0.3 is 5.73 Å². The molecule has 0 aliphatic heterocycles. The highest BCUT2D eigenvalue weighted by atomic mass is 15.3. The number of rotatable bonds is 1. The van der Waals surface area contributed by atoms with Gasteiger partial charge in [0.25, 0.3) is 0 Å². The highest BCUT2D eigenvalue weighted by molar-refractivity contribution is 5.12. The normalized spacial score (nSPS) is 12.5. The van der Waals surface area contributed by atoms with Gasteiger partial charge in [0, 0.05) is 13.2 Å². The molecule has 0 radical (unpaired) electrons. The second-order valence-corrected chi connectivity index (χ2v) is 1.99. The van der Waals surface area contributed by atoms with Gasteiger partial charge in [-0.3, -0.25) is 4.68 Å². The summed E-state index contributed by atoms with van der Waals surface area (Å²) in [6.07, 6.45) is 1.62. The molecule has 1 heterocycles. The Morgan fingerprint density at radius 2 is 2.60 bits per heavy atom. The fourth-order valence-electron chi connectivity index (χ4n) is 0.755. The van der Waals surface area contributed by atoms with Gasteiger partial charge in [-0.15, -0.1) is 0 Å². The van der Waals surface area contributed by atoms with Gasteiger partial charge in [-0.1, -0.05) is 0 Å². The molecule has 0 amide bonds. The molecule has 0 saturated carbocycles. The molecule has 0 spiro atoms. The maximum absolute atomic E-state index is 8.41. The van der Waals surface area contributed by atoms with Crippen LogP contribution in [-0.2, 0) is 7.05 Å². The first-order valence-electron chi connectivity index (χ1n) is 2.89. The van der Waals surface area contributed by atoms with Gasteiger partial charge in [-0.25, -0.2) is 0 Å². The fraction of sp³-hybridized carbons (Fsp3) is 0.333. The molecule has 2 N–H and O–H groups in total. The summed E-state index contributed by atoms with van der Waals surface area (Å²) in [7, 11) is 1.76. The number of nitrogens with two attached hydrogens (primary N) is 1. The fourth-order valence-corrected chi connectivity index (χ4v) is 0.755. The first-order chi connectivity index (χ1) is 4.75. The molecular weight excluding hydrogens is 128 g/mol. The third kappa shape index (κ3) is 0.993. The third-order valence-corrected chi connectivity index (χ3v) is 1.32. The van der Waals surface area contributed by atoms with Crippen molar-refractivity contribution in [1.29, 1.82) is 5.26 Å². The van der Waals surface area contributed by atoms with E-state index in [4.69, 9.17) is 11.0 Å². The van der Waals surface area contributed by atoms with E-state index in [1.807, 2.05) is 6.07 Å². The zero-order valence-electron chi connectivity index (χ0n) is 5.65. The maximum atomic E-state index is 8.41. The zero-order valence-corrected chi connectivity index (χ0v) is 5.65. The highest BCUT2D eigenvalue weighted by Crippen LogP contribution is 2.05. The standard InChI is InChI=1S/C6H8N4/c1-10-6(2-3-9-10)5(8)4-7/h2-3,5H,8H2,1H3. The van der Waals surface area contributed by atoms with Crippen molar-refractivity contribution in [3.05, 3.63) is 18.0 Å². The molecule has 10 heavy (non-hydrogen) atoms. The predicted molar refractivity (Wildman–Crippen MR) is 35.7 cm³/mol. The minimum absolute atomic E-state index is 0.563. The Balaban J connectivity index is 2.96. The number of hydrogen-bond donors (Lipinski definition) is 1. The van der Waals surface area contributed by atoms with Crippen molar-refractivity contribution in [2.24, 2.45) is 12.8 Å². The average molecular weight is 136 g/mol. The molecule has 1 unspecified atom stereocenters. The summed E-state index contributed by atoms with van der Waals surface area (Å²) in [6.45, 7) is 0. The summed E-state index contributed by atoms with van der Waals surface area (Å²) < 4.78 is 1.59. The van der Waals surface area contributed by atoms with E-state index in [2.05, 4.69) is 5.10 Å². The number of aryl methyl sites for hydroxylation is 1. The molecule has 0 saturated heterocycles. The summed E-state index contributed by atoms with van der Waals surface area (Å²) in [5.41, 5.74) is 6.16. The second kappa shape index (κ2) is 2.50. The van der Waals surface area contributed by atoms with Crippen LogP contribution in [0.25, 0.3) is 0 Å².